The second-order valence-electron chi connectivity index (χ2n) is 3.36. The highest BCUT2D eigenvalue weighted by molar-refractivity contribution is 5.20. The molecular weight excluding hydrogens is 198 g/mol. The fraction of sp³-hybridized carbons (Fsp3) is 0.667. The van der Waals surface area contributed by atoms with Gasteiger partial charge in [-0.1, -0.05) is 12.8 Å². The monoisotopic (exact) mass is 213 g/mol. The standard InChI is InChI=1S/C9H15N3O3/c13-6-4-2-1-3-5-11-8-9(7-10-11)12(14)15/h7-8,13H,1-6H2. The van der Waals surface area contributed by atoms with Gasteiger partial charge in [-0.15, -0.1) is 0 Å². The maximum absolute atomic E-state index is 10.4. The number of hydrogen-bond donors (Lipinski definition) is 1. The van der Waals surface area contributed by atoms with E-state index < -0.39 is 4.92 Å². The van der Waals surface area contributed by atoms with Gasteiger partial charge in [0, 0.05) is 13.2 Å². The molecule has 0 aliphatic carbocycles. The largest absolute Gasteiger partial charge is 0.396 e. The topological polar surface area (TPSA) is 81.2 Å². The molecule has 1 aromatic rings. The number of aliphatic hydroxyl groups is 1. The van der Waals surface area contributed by atoms with Gasteiger partial charge >= 0.3 is 5.69 Å². The third-order valence-electron chi connectivity index (χ3n) is 2.13. The van der Waals surface area contributed by atoms with E-state index in [-0.39, 0.29) is 12.3 Å². The van der Waals surface area contributed by atoms with Crippen LogP contribution in [0.2, 0.25) is 0 Å². The van der Waals surface area contributed by atoms with Gasteiger partial charge in [0.1, 0.15) is 12.4 Å². The minimum atomic E-state index is -0.449. The minimum absolute atomic E-state index is 0.0327. The summed E-state index contributed by atoms with van der Waals surface area (Å²) in [4.78, 5) is 9.90. The average Bonchev–Trinajstić information content (AvgIpc) is 2.66. The lowest BCUT2D eigenvalue weighted by Gasteiger charge is -1.99. The molecular formula is C9H15N3O3. The molecule has 0 aliphatic rings. The SMILES string of the molecule is O=[N+]([O-])c1cnn(CCCCCCO)c1. The van der Waals surface area contributed by atoms with Gasteiger partial charge in [-0.05, 0) is 12.8 Å². The molecule has 1 heterocycles. The normalized spacial score (nSPS) is 10.5. The molecule has 1 aromatic heterocycles. The minimum Gasteiger partial charge on any atom is -0.396 e. The molecule has 0 saturated heterocycles. The lowest BCUT2D eigenvalue weighted by Crippen LogP contribution is -1.98. The molecule has 0 aromatic carbocycles. The Bertz CT molecular complexity index is 311. The highest BCUT2D eigenvalue weighted by Crippen LogP contribution is 2.09. The Labute approximate surface area is 87.7 Å². The Morgan fingerprint density at radius 3 is 2.73 bits per heavy atom. The van der Waals surface area contributed by atoms with E-state index in [1.54, 1.807) is 4.68 Å². The Kier molecular flexibility index (Phi) is 4.76. The first kappa shape index (κ1) is 11.6. The van der Waals surface area contributed by atoms with Crippen LogP contribution >= 0.6 is 0 Å². The van der Waals surface area contributed by atoms with Crippen molar-refractivity contribution in [2.24, 2.45) is 0 Å². The number of hydrogen-bond acceptors (Lipinski definition) is 4. The summed E-state index contributed by atoms with van der Waals surface area (Å²) in [5.74, 6) is 0. The molecule has 0 amide bonds. The maximum Gasteiger partial charge on any atom is 0.306 e. The zero-order valence-corrected chi connectivity index (χ0v) is 8.50. The second kappa shape index (κ2) is 6.13. The number of aromatic nitrogens is 2. The van der Waals surface area contributed by atoms with Gasteiger partial charge in [0.2, 0.25) is 0 Å². The van der Waals surface area contributed by atoms with E-state index >= 15 is 0 Å². The van der Waals surface area contributed by atoms with Crippen LogP contribution in [0.1, 0.15) is 25.7 Å². The molecule has 0 atom stereocenters. The molecule has 6 heteroatoms. The van der Waals surface area contributed by atoms with Crippen LogP contribution in [0.5, 0.6) is 0 Å². The van der Waals surface area contributed by atoms with Crippen molar-refractivity contribution in [1.29, 1.82) is 0 Å². The van der Waals surface area contributed by atoms with Crippen molar-refractivity contribution >= 4 is 5.69 Å². The van der Waals surface area contributed by atoms with Gasteiger partial charge in [0.15, 0.2) is 0 Å². The summed E-state index contributed by atoms with van der Waals surface area (Å²) in [5, 5.41) is 22.8. The van der Waals surface area contributed by atoms with Crippen LogP contribution in [0.3, 0.4) is 0 Å². The average molecular weight is 213 g/mol. The van der Waals surface area contributed by atoms with Crippen LogP contribution in [0.15, 0.2) is 12.4 Å². The van der Waals surface area contributed by atoms with Crippen molar-refractivity contribution in [2.75, 3.05) is 6.61 Å². The molecule has 15 heavy (non-hydrogen) atoms. The highest BCUT2D eigenvalue weighted by atomic mass is 16.6. The molecule has 0 unspecified atom stereocenters. The first-order valence-electron chi connectivity index (χ1n) is 5.01. The van der Waals surface area contributed by atoms with E-state index in [1.165, 1.54) is 12.4 Å². The molecule has 0 fully saturated rings. The second-order valence-corrected chi connectivity index (χ2v) is 3.36. The summed E-state index contributed by atoms with van der Waals surface area (Å²) in [6, 6.07) is 0. The van der Waals surface area contributed by atoms with E-state index in [0.29, 0.717) is 6.54 Å². The van der Waals surface area contributed by atoms with Gasteiger partial charge in [-0.25, -0.2) is 0 Å². The van der Waals surface area contributed by atoms with Crippen LogP contribution < -0.4 is 0 Å². The lowest BCUT2D eigenvalue weighted by atomic mass is 10.2. The van der Waals surface area contributed by atoms with Crippen molar-refractivity contribution < 1.29 is 10.0 Å². The summed E-state index contributed by atoms with van der Waals surface area (Å²) < 4.78 is 1.58. The molecule has 0 radical (unpaired) electrons. The van der Waals surface area contributed by atoms with E-state index in [2.05, 4.69) is 5.10 Å². The van der Waals surface area contributed by atoms with Gasteiger partial charge in [-0.3, -0.25) is 14.8 Å². The lowest BCUT2D eigenvalue weighted by molar-refractivity contribution is -0.385. The summed E-state index contributed by atoms with van der Waals surface area (Å²) in [7, 11) is 0. The van der Waals surface area contributed by atoms with Crippen LogP contribution in [0, 0.1) is 10.1 Å². The number of aryl methyl sites for hydroxylation is 1. The molecule has 0 aliphatic heterocycles. The van der Waals surface area contributed by atoms with E-state index in [4.69, 9.17) is 5.11 Å². The zero-order valence-electron chi connectivity index (χ0n) is 8.50. The Morgan fingerprint density at radius 2 is 2.13 bits per heavy atom. The molecule has 1 rings (SSSR count). The number of nitrogens with zero attached hydrogens (tertiary/aromatic N) is 3. The van der Waals surface area contributed by atoms with Gasteiger partial charge < -0.3 is 5.11 Å². The number of unbranched alkanes of at least 4 members (excludes halogenated alkanes) is 3. The first-order valence-corrected chi connectivity index (χ1v) is 5.01. The Hall–Kier alpha value is -1.43. The quantitative estimate of drug-likeness (QED) is 0.421. The molecule has 1 N–H and O–H groups in total. The van der Waals surface area contributed by atoms with Crippen molar-refractivity contribution in [3.05, 3.63) is 22.5 Å². The van der Waals surface area contributed by atoms with Crippen molar-refractivity contribution in [3.8, 4) is 0 Å². The van der Waals surface area contributed by atoms with Crippen molar-refractivity contribution in [1.82, 2.24) is 9.78 Å². The fourth-order valence-corrected chi connectivity index (χ4v) is 1.31. The number of nitro groups is 1. The van der Waals surface area contributed by atoms with Crippen molar-refractivity contribution in [2.45, 2.75) is 32.2 Å². The Morgan fingerprint density at radius 1 is 1.40 bits per heavy atom. The van der Waals surface area contributed by atoms with Crippen LogP contribution in [-0.2, 0) is 6.54 Å². The van der Waals surface area contributed by atoms with Gasteiger partial charge in [0.25, 0.3) is 0 Å². The maximum atomic E-state index is 10.4. The Balaban J connectivity index is 2.23. The van der Waals surface area contributed by atoms with E-state index in [0.717, 1.165) is 25.7 Å². The smallest absolute Gasteiger partial charge is 0.306 e. The van der Waals surface area contributed by atoms with Crippen LogP contribution in [0.4, 0.5) is 5.69 Å². The highest BCUT2D eigenvalue weighted by Gasteiger charge is 2.07. The third kappa shape index (κ3) is 4.07. The van der Waals surface area contributed by atoms with Gasteiger partial charge in [-0.2, -0.15) is 5.10 Å². The molecule has 0 saturated carbocycles. The number of aliphatic hydroxyl groups excluding tert-OH is 1. The predicted octanol–water partition coefficient (Wildman–Crippen LogP) is 1.34. The summed E-state index contributed by atoms with van der Waals surface area (Å²) >= 11 is 0. The zero-order chi connectivity index (χ0) is 11.1. The predicted molar refractivity (Wildman–Crippen MR) is 54.4 cm³/mol. The summed E-state index contributed by atoms with van der Waals surface area (Å²) in [6.45, 7) is 0.923. The van der Waals surface area contributed by atoms with Crippen molar-refractivity contribution in [3.63, 3.8) is 0 Å². The van der Waals surface area contributed by atoms with Gasteiger partial charge in [0.05, 0.1) is 4.92 Å². The third-order valence-corrected chi connectivity index (χ3v) is 2.13. The number of rotatable bonds is 7. The first-order chi connectivity index (χ1) is 7.24. The molecule has 6 nitrogen and oxygen atoms in total. The van der Waals surface area contributed by atoms with Crippen LogP contribution in [-0.4, -0.2) is 26.4 Å². The molecule has 0 spiro atoms. The van der Waals surface area contributed by atoms with Crippen LogP contribution in [0.25, 0.3) is 0 Å². The molecule has 0 bridgehead atoms. The summed E-state index contributed by atoms with van der Waals surface area (Å²) in [5.41, 5.74) is 0.0327. The van der Waals surface area contributed by atoms with E-state index in [9.17, 15) is 10.1 Å². The molecule has 84 valence electrons. The summed E-state index contributed by atoms with van der Waals surface area (Å²) in [6.07, 6.45) is 6.44. The fourth-order valence-electron chi connectivity index (χ4n) is 1.31. The van der Waals surface area contributed by atoms with E-state index in [1.807, 2.05) is 0 Å².